The second-order valence-electron chi connectivity index (χ2n) is 2.79. The van der Waals surface area contributed by atoms with E-state index in [1.165, 1.54) is 0 Å². The predicted molar refractivity (Wildman–Crippen MR) is 60.2 cm³/mol. The van der Waals surface area contributed by atoms with E-state index < -0.39 is 0 Å². The Morgan fingerprint density at radius 2 is 2.14 bits per heavy atom. The summed E-state index contributed by atoms with van der Waals surface area (Å²) in [6, 6.07) is 5.22. The van der Waals surface area contributed by atoms with Crippen LogP contribution < -0.4 is 10.5 Å². The molecule has 0 aliphatic heterocycles. The van der Waals surface area contributed by atoms with Crippen LogP contribution in [0.5, 0.6) is 5.75 Å². The molecule has 0 aliphatic carbocycles. The summed E-state index contributed by atoms with van der Waals surface area (Å²) in [5, 5.41) is 0.890. The van der Waals surface area contributed by atoms with E-state index in [2.05, 4.69) is 6.58 Å². The standard InChI is InChI=1S/C10H11Cl2NO/c1-7(5-13)6-14-9-4-2-3-8(11)10(9)12/h2-4H,1,5-6,13H2. The molecule has 0 saturated carbocycles. The molecule has 0 amide bonds. The fraction of sp³-hybridized carbons (Fsp3) is 0.200. The molecule has 0 radical (unpaired) electrons. The Hall–Kier alpha value is -0.700. The van der Waals surface area contributed by atoms with Crippen LogP contribution in [0.1, 0.15) is 0 Å². The van der Waals surface area contributed by atoms with Crippen LogP contribution in [-0.4, -0.2) is 13.2 Å². The summed E-state index contributed by atoms with van der Waals surface area (Å²) >= 11 is 11.7. The van der Waals surface area contributed by atoms with Gasteiger partial charge in [-0.2, -0.15) is 0 Å². The fourth-order valence-electron chi connectivity index (χ4n) is 0.834. The highest BCUT2D eigenvalue weighted by Crippen LogP contribution is 2.31. The van der Waals surface area contributed by atoms with Crippen molar-refractivity contribution in [3.63, 3.8) is 0 Å². The van der Waals surface area contributed by atoms with Crippen molar-refractivity contribution in [2.75, 3.05) is 13.2 Å². The van der Waals surface area contributed by atoms with Crippen LogP contribution in [0.2, 0.25) is 10.0 Å². The van der Waals surface area contributed by atoms with Gasteiger partial charge in [-0.05, 0) is 17.7 Å². The Morgan fingerprint density at radius 3 is 2.79 bits per heavy atom. The second-order valence-corrected chi connectivity index (χ2v) is 3.58. The lowest BCUT2D eigenvalue weighted by Gasteiger charge is -2.09. The minimum atomic E-state index is 0.358. The molecule has 2 nitrogen and oxygen atoms in total. The molecule has 0 bridgehead atoms. The molecule has 76 valence electrons. The van der Waals surface area contributed by atoms with Crippen molar-refractivity contribution in [2.24, 2.45) is 5.73 Å². The Morgan fingerprint density at radius 1 is 1.43 bits per heavy atom. The molecule has 4 heteroatoms. The summed E-state index contributed by atoms with van der Waals surface area (Å²) in [6.07, 6.45) is 0. The zero-order valence-electron chi connectivity index (χ0n) is 7.59. The normalized spacial score (nSPS) is 9.93. The van der Waals surface area contributed by atoms with Crippen LogP contribution in [0.3, 0.4) is 0 Å². The first-order valence-electron chi connectivity index (χ1n) is 4.08. The molecule has 0 heterocycles. The molecule has 0 unspecified atom stereocenters. The van der Waals surface area contributed by atoms with Gasteiger partial charge in [-0.25, -0.2) is 0 Å². The number of nitrogens with two attached hydrogens (primary N) is 1. The van der Waals surface area contributed by atoms with Crippen molar-refractivity contribution in [2.45, 2.75) is 0 Å². The van der Waals surface area contributed by atoms with Crippen molar-refractivity contribution in [1.82, 2.24) is 0 Å². The van der Waals surface area contributed by atoms with E-state index in [0.29, 0.717) is 28.9 Å². The summed E-state index contributed by atoms with van der Waals surface area (Å²) in [5.74, 6) is 0.550. The minimum absolute atomic E-state index is 0.358. The molecular formula is C10H11Cl2NO. The van der Waals surface area contributed by atoms with Crippen LogP contribution in [-0.2, 0) is 0 Å². The smallest absolute Gasteiger partial charge is 0.139 e. The molecule has 2 N–H and O–H groups in total. The summed E-state index contributed by atoms with van der Waals surface area (Å²) in [6.45, 7) is 4.47. The van der Waals surface area contributed by atoms with Crippen LogP contribution in [0.25, 0.3) is 0 Å². The van der Waals surface area contributed by atoms with Crippen LogP contribution >= 0.6 is 23.2 Å². The van der Waals surface area contributed by atoms with Gasteiger partial charge in [0, 0.05) is 6.54 Å². The lowest BCUT2D eigenvalue weighted by molar-refractivity contribution is 0.351. The van der Waals surface area contributed by atoms with Gasteiger partial charge in [-0.15, -0.1) is 0 Å². The zero-order valence-corrected chi connectivity index (χ0v) is 9.11. The summed E-state index contributed by atoms with van der Waals surface area (Å²) in [5.41, 5.74) is 6.17. The van der Waals surface area contributed by atoms with Crippen LogP contribution in [0.4, 0.5) is 0 Å². The van der Waals surface area contributed by atoms with Gasteiger partial charge >= 0.3 is 0 Å². The van der Waals surface area contributed by atoms with Crippen LogP contribution in [0.15, 0.2) is 30.4 Å². The molecule has 1 aromatic rings. The number of ether oxygens (including phenoxy) is 1. The molecule has 0 fully saturated rings. The van der Waals surface area contributed by atoms with Gasteiger partial charge in [0.25, 0.3) is 0 Å². The van der Waals surface area contributed by atoms with E-state index in [1.54, 1.807) is 18.2 Å². The first-order valence-corrected chi connectivity index (χ1v) is 4.84. The second kappa shape index (κ2) is 5.25. The van der Waals surface area contributed by atoms with E-state index in [0.717, 1.165) is 5.57 Å². The highest BCUT2D eigenvalue weighted by Gasteiger charge is 2.05. The molecule has 0 aliphatic rings. The van der Waals surface area contributed by atoms with Crippen molar-refractivity contribution in [3.8, 4) is 5.75 Å². The van der Waals surface area contributed by atoms with E-state index >= 15 is 0 Å². The molecule has 0 aromatic heterocycles. The minimum Gasteiger partial charge on any atom is -0.488 e. The molecular weight excluding hydrogens is 221 g/mol. The van der Waals surface area contributed by atoms with Gasteiger partial charge in [-0.1, -0.05) is 35.8 Å². The van der Waals surface area contributed by atoms with Crippen molar-refractivity contribution >= 4 is 23.2 Å². The van der Waals surface area contributed by atoms with Gasteiger partial charge < -0.3 is 10.5 Å². The number of hydrogen-bond acceptors (Lipinski definition) is 2. The molecule has 0 spiro atoms. The van der Waals surface area contributed by atoms with Crippen molar-refractivity contribution in [3.05, 3.63) is 40.4 Å². The lowest BCUT2D eigenvalue weighted by Crippen LogP contribution is -2.09. The van der Waals surface area contributed by atoms with Gasteiger partial charge in [0.15, 0.2) is 0 Å². The third-order valence-corrected chi connectivity index (χ3v) is 2.44. The van der Waals surface area contributed by atoms with E-state index in [9.17, 15) is 0 Å². The van der Waals surface area contributed by atoms with Gasteiger partial charge in [0.1, 0.15) is 17.4 Å². The molecule has 14 heavy (non-hydrogen) atoms. The Labute approximate surface area is 93.3 Å². The van der Waals surface area contributed by atoms with E-state index in [-0.39, 0.29) is 0 Å². The van der Waals surface area contributed by atoms with Gasteiger partial charge in [0.2, 0.25) is 0 Å². The maximum atomic E-state index is 5.90. The van der Waals surface area contributed by atoms with Crippen molar-refractivity contribution in [1.29, 1.82) is 0 Å². The zero-order chi connectivity index (χ0) is 10.6. The average Bonchev–Trinajstić information content (AvgIpc) is 2.20. The first-order chi connectivity index (χ1) is 6.65. The maximum absolute atomic E-state index is 5.90. The molecule has 0 saturated heterocycles. The van der Waals surface area contributed by atoms with E-state index in [4.69, 9.17) is 33.7 Å². The lowest BCUT2D eigenvalue weighted by atomic mass is 10.3. The summed E-state index contributed by atoms with van der Waals surface area (Å²) in [7, 11) is 0. The fourth-order valence-corrected chi connectivity index (χ4v) is 1.18. The number of rotatable bonds is 4. The average molecular weight is 232 g/mol. The topological polar surface area (TPSA) is 35.2 Å². The van der Waals surface area contributed by atoms with Gasteiger partial charge in [-0.3, -0.25) is 0 Å². The number of halogens is 2. The molecule has 0 atom stereocenters. The summed E-state index contributed by atoms with van der Waals surface area (Å²) < 4.78 is 5.37. The largest absolute Gasteiger partial charge is 0.488 e. The Kier molecular flexibility index (Phi) is 4.26. The highest BCUT2D eigenvalue weighted by molar-refractivity contribution is 6.42. The molecule has 1 rings (SSSR count). The predicted octanol–water partition coefficient (Wildman–Crippen LogP) is 2.89. The summed E-state index contributed by atoms with van der Waals surface area (Å²) in [4.78, 5) is 0. The third kappa shape index (κ3) is 2.91. The third-order valence-electron chi connectivity index (χ3n) is 1.64. The Bertz CT molecular complexity index is 339. The highest BCUT2D eigenvalue weighted by atomic mass is 35.5. The number of hydrogen-bond donors (Lipinski definition) is 1. The first kappa shape index (κ1) is 11.4. The van der Waals surface area contributed by atoms with Gasteiger partial charge in [0.05, 0.1) is 5.02 Å². The number of benzene rings is 1. The molecule has 1 aromatic carbocycles. The van der Waals surface area contributed by atoms with Crippen LogP contribution in [0, 0.1) is 0 Å². The maximum Gasteiger partial charge on any atom is 0.139 e. The van der Waals surface area contributed by atoms with E-state index in [1.807, 2.05) is 0 Å². The van der Waals surface area contributed by atoms with Crippen molar-refractivity contribution < 1.29 is 4.74 Å². The quantitative estimate of drug-likeness (QED) is 0.810. The SMILES string of the molecule is C=C(CN)COc1cccc(Cl)c1Cl. The monoisotopic (exact) mass is 231 g/mol. The Balaban J connectivity index is 2.68.